The summed E-state index contributed by atoms with van der Waals surface area (Å²) in [6.45, 7) is 5.73. The van der Waals surface area contributed by atoms with E-state index in [9.17, 15) is 0 Å². The SMILES string of the molecule is C=CCCCCC[C@@H](C)N. The zero-order valence-electron chi connectivity index (χ0n) is 6.97. The summed E-state index contributed by atoms with van der Waals surface area (Å²) in [6, 6.07) is 0.378. The predicted molar refractivity (Wildman–Crippen MR) is 46.9 cm³/mol. The van der Waals surface area contributed by atoms with E-state index in [2.05, 4.69) is 13.5 Å². The first-order valence-corrected chi connectivity index (χ1v) is 4.14. The Morgan fingerprint density at radius 2 is 2.10 bits per heavy atom. The molecule has 10 heavy (non-hydrogen) atoms. The van der Waals surface area contributed by atoms with E-state index in [4.69, 9.17) is 5.73 Å². The Kier molecular flexibility index (Phi) is 6.61. The second-order valence-corrected chi connectivity index (χ2v) is 2.90. The van der Waals surface area contributed by atoms with Gasteiger partial charge in [0.1, 0.15) is 0 Å². The molecule has 0 aromatic heterocycles. The summed E-state index contributed by atoms with van der Waals surface area (Å²) in [5, 5.41) is 0. The molecule has 0 aromatic rings. The van der Waals surface area contributed by atoms with Crippen molar-refractivity contribution in [2.75, 3.05) is 0 Å². The average Bonchev–Trinajstić information content (AvgIpc) is 1.87. The van der Waals surface area contributed by atoms with E-state index < -0.39 is 0 Å². The molecule has 0 aliphatic carbocycles. The van der Waals surface area contributed by atoms with Gasteiger partial charge in [0.25, 0.3) is 0 Å². The molecule has 0 radical (unpaired) electrons. The molecule has 0 unspecified atom stereocenters. The summed E-state index contributed by atoms with van der Waals surface area (Å²) in [7, 11) is 0. The van der Waals surface area contributed by atoms with Gasteiger partial charge in [0.2, 0.25) is 0 Å². The van der Waals surface area contributed by atoms with Gasteiger partial charge in [-0.25, -0.2) is 0 Å². The van der Waals surface area contributed by atoms with Crippen molar-refractivity contribution >= 4 is 0 Å². The Bertz CT molecular complexity index is 76.8. The van der Waals surface area contributed by atoms with Crippen molar-refractivity contribution in [2.24, 2.45) is 5.73 Å². The molecule has 1 nitrogen and oxygen atoms in total. The van der Waals surface area contributed by atoms with Crippen LogP contribution in [0.2, 0.25) is 0 Å². The van der Waals surface area contributed by atoms with Gasteiger partial charge in [0, 0.05) is 6.04 Å². The second-order valence-electron chi connectivity index (χ2n) is 2.90. The molecule has 0 rings (SSSR count). The molecule has 0 fully saturated rings. The van der Waals surface area contributed by atoms with E-state index in [0.717, 1.165) is 12.8 Å². The van der Waals surface area contributed by atoms with Crippen LogP contribution in [0, 0.1) is 0 Å². The Labute approximate surface area is 64.3 Å². The monoisotopic (exact) mass is 141 g/mol. The molecule has 0 amide bonds. The Balaban J connectivity index is 2.83. The number of allylic oxidation sites excluding steroid dienone is 1. The van der Waals surface area contributed by atoms with Crippen LogP contribution in [-0.4, -0.2) is 6.04 Å². The number of hydrogen-bond acceptors (Lipinski definition) is 1. The van der Waals surface area contributed by atoms with Crippen LogP contribution in [-0.2, 0) is 0 Å². The fourth-order valence-electron chi connectivity index (χ4n) is 0.932. The molecule has 0 aromatic carbocycles. The van der Waals surface area contributed by atoms with E-state index in [1.165, 1.54) is 19.3 Å². The molecule has 2 N–H and O–H groups in total. The van der Waals surface area contributed by atoms with Crippen molar-refractivity contribution in [3.63, 3.8) is 0 Å². The maximum Gasteiger partial charge on any atom is 0.00104 e. The van der Waals surface area contributed by atoms with Gasteiger partial charge in [-0.1, -0.05) is 18.9 Å². The minimum Gasteiger partial charge on any atom is -0.328 e. The van der Waals surface area contributed by atoms with Crippen LogP contribution in [0.5, 0.6) is 0 Å². The van der Waals surface area contributed by atoms with Crippen molar-refractivity contribution in [1.29, 1.82) is 0 Å². The van der Waals surface area contributed by atoms with Gasteiger partial charge in [-0.05, 0) is 26.2 Å². The summed E-state index contributed by atoms with van der Waals surface area (Å²) >= 11 is 0. The first-order valence-electron chi connectivity index (χ1n) is 4.14. The minimum absolute atomic E-state index is 0.378. The second kappa shape index (κ2) is 6.81. The van der Waals surface area contributed by atoms with E-state index in [0.29, 0.717) is 6.04 Å². The van der Waals surface area contributed by atoms with E-state index >= 15 is 0 Å². The van der Waals surface area contributed by atoms with Gasteiger partial charge in [0.15, 0.2) is 0 Å². The van der Waals surface area contributed by atoms with Gasteiger partial charge in [0.05, 0.1) is 0 Å². The van der Waals surface area contributed by atoms with Crippen LogP contribution < -0.4 is 5.73 Å². The molecule has 0 saturated carbocycles. The summed E-state index contributed by atoms with van der Waals surface area (Å²) < 4.78 is 0. The first-order chi connectivity index (χ1) is 4.77. The topological polar surface area (TPSA) is 26.0 Å². The Morgan fingerprint density at radius 3 is 2.60 bits per heavy atom. The highest BCUT2D eigenvalue weighted by molar-refractivity contribution is 4.65. The lowest BCUT2D eigenvalue weighted by atomic mass is 10.1. The Morgan fingerprint density at radius 1 is 1.40 bits per heavy atom. The quantitative estimate of drug-likeness (QED) is 0.446. The molecule has 0 saturated heterocycles. The van der Waals surface area contributed by atoms with Crippen molar-refractivity contribution in [2.45, 2.75) is 45.1 Å². The normalized spacial score (nSPS) is 13.0. The summed E-state index contributed by atoms with van der Waals surface area (Å²) in [5.74, 6) is 0. The maximum absolute atomic E-state index is 5.59. The average molecular weight is 141 g/mol. The van der Waals surface area contributed by atoms with Crippen LogP contribution in [0.25, 0.3) is 0 Å². The zero-order valence-corrected chi connectivity index (χ0v) is 6.97. The van der Waals surface area contributed by atoms with Gasteiger partial charge < -0.3 is 5.73 Å². The number of nitrogens with two attached hydrogens (primary N) is 1. The fraction of sp³-hybridized carbons (Fsp3) is 0.778. The molecule has 0 heterocycles. The van der Waals surface area contributed by atoms with Crippen LogP contribution in [0.3, 0.4) is 0 Å². The first kappa shape index (κ1) is 9.70. The summed E-state index contributed by atoms with van der Waals surface area (Å²) in [4.78, 5) is 0. The van der Waals surface area contributed by atoms with Crippen molar-refractivity contribution in [1.82, 2.24) is 0 Å². The smallest absolute Gasteiger partial charge is 0.00104 e. The van der Waals surface area contributed by atoms with Crippen molar-refractivity contribution in [3.8, 4) is 0 Å². The fourth-order valence-corrected chi connectivity index (χ4v) is 0.932. The Hall–Kier alpha value is -0.300. The van der Waals surface area contributed by atoms with Crippen LogP contribution >= 0.6 is 0 Å². The molecule has 0 aliphatic rings. The van der Waals surface area contributed by atoms with Crippen LogP contribution in [0.15, 0.2) is 12.7 Å². The van der Waals surface area contributed by atoms with E-state index in [-0.39, 0.29) is 0 Å². The summed E-state index contributed by atoms with van der Waals surface area (Å²) in [6.07, 6.45) is 8.14. The molecular weight excluding hydrogens is 122 g/mol. The third kappa shape index (κ3) is 7.70. The van der Waals surface area contributed by atoms with Crippen LogP contribution in [0.4, 0.5) is 0 Å². The molecule has 60 valence electrons. The molecular formula is C9H19N. The van der Waals surface area contributed by atoms with Gasteiger partial charge in [-0.2, -0.15) is 0 Å². The molecule has 0 bridgehead atoms. The standard InChI is InChI=1S/C9H19N/c1-3-4-5-6-7-8-9(2)10/h3,9H,1,4-8,10H2,2H3/t9-/m1/s1. The van der Waals surface area contributed by atoms with E-state index in [1.54, 1.807) is 0 Å². The molecule has 0 aliphatic heterocycles. The van der Waals surface area contributed by atoms with Gasteiger partial charge in [-0.15, -0.1) is 6.58 Å². The lowest BCUT2D eigenvalue weighted by Crippen LogP contribution is -2.13. The molecule has 1 atom stereocenters. The third-order valence-corrected chi connectivity index (χ3v) is 1.57. The number of hydrogen-bond donors (Lipinski definition) is 1. The largest absolute Gasteiger partial charge is 0.328 e. The van der Waals surface area contributed by atoms with Gasteiger partial charge >= 0.3 is 0 Å². The van der Waals surface area contributed by atoms with Gasteiger partial charge in [-0.3, -0.25) is 0 Å². The number of rotatable bonds is 6. The lowest BCUT2D eigenvalue weighted by molar-refractivity contribution is 0.582. The predicted octanol–water partition coefficient (Wildman–Crippen LogP) is 2.47. The maximum atomic E-state index is 5.59. The van der Waals surface area contributed by atoms with Crippen LogP contribution in [0.1, 0.15) is 39.0 Å². The molecule has 1 heteroatoms. The molecule has 0 spiro atoms. The highest BCUT2D eigenvalue weighted by atomic mass is 14.6. The van der Waals surface area contributed by atoms with Crippen molar-refractivity contribution < 1.29 is 0 Å². The number of unbranched alkanes of at least 4 members (excludes halogenated alkanes) is 3. The zero-order chi connectivity index (χ0) is 7.82. The van der Waals surface area contributed by atoms with E-state index in [1.807, 2.05) is 6.08 Å². The van der Waals surface area contributed by atoms with Crippen molar-refractivity contribution in [3.05, 3.63) is 12.7 Å². The summed E-state index contributed by atoms with van der Waals surface area (Å²) in [5.41, 5.74) is 5.59. The third-order valence-electron chi connectivity index (χ3n) is 1.57. The minimum atomic E-state index is 0.378. The highest BCUT2D eigenvalue weighted by Gasteiger charge is 1.92. The lowest BCUT2D eigenvalue weighted by Gasteiger charge is -2.02. The highest BCUT2D eigenvalue weighted by Crippen LogP contribution is 2.04.